The largest absolute Gasteiger partial charge is 0.313 e. The predicted molar refractivity (Wildman–Crippen MR) is 74.6 cm³/mol. The van der Waals surface area contributed by atoms with Crippen LogP contribution in [0.2, 0.25) is 5.02 Å². The quantitative estimate of drug-likeness (QED) is 0.843. The third-order valence-electron chi connectivity index (χ3n) is 2.91. The Kier molecular flexibility index (Phi) is 4.14. The molecule has 1 aliphatic carbocycles. The molecule has 1 aromatic carbocycles. The number of halogens is 1. The molecule has 100 valence electrons. The van der Waals surface area contributed by atoms with Crippen LogP contribution in [-0.2, 0) is 10.0 Å². The van der Waals surface area contributed by atoms with Gasteiger partial charge in [-0.25, -0.2) is 8.42 Å². The Morgan fingerprint density at radius 2 is 2.11 bits per heavy atom. The molecular weight excluding hydrogens is 272 g/mol. The molecule has 18 heavy (non-hydrogen) atoms. The number of hydrogen-bond acceptors (Lipinski definition) is 3. The number of sulfonamides is 1. The first kappa shape index (κ1) is 13.6. The predicted octanol–water partition coefficient (Wildman–Crippen LogP) is 2.14. The summed E-state index contributed by atoms with van der Waals surface area (Å²) < 4.78 is 26.3. The first-order valence-electron chi connectivity index (χ1n) is 5.97. The Labute approximate surface area is 113 Å². The van der Waals surface area contributed by atoms with Gasteiger partial charge in [0.25, 0.3) is 0 Å². The number of anilines is 1. The lowest BCUT2D eigenvalue weighted by Crippen LogP contribution is -2.28. The van der Waals surface area contributed by atoms with Gasteiger partial charge in [-0.1, -0.05) is 17.7 Å². The SMILES string of the molecule is Cc1c(Cl)cccc1NS(=O)(=O)CCNC1CC1. The van der Waals surface area contributed by atoms with E-state index in [1.54, 1.807) is 25.1 Å². The van der Waals surface area contributed by atoms with Crippen molar-refractivity contribution in [3.63, 3.8) is 0 Å². The second kappa shape index (κ2) is 5.47. The Balaban J connectivity index is 1.95. The molecule has 0 amide bonds. The van der Waals surface area contributed by atoms with E-state index in [4.69, 9.17) is 11.6 Å². The van der Waals surface area contributed by atoms with Gasteiger partial charge < -0.3 is 5.32 Å². The summed E-state index contributed by atoms with van der Waals surface area (Å²) in [6.45, 7) is 2.28. The van der Waals surface area contributed by atoms with Crippen molar-refractivity contribution in [2.75, 3.05) is 17.0 Å². The molecule has 0 spiro atoms. The topological polar surface area (TPSA) is 58.2 Å². The summed E-state index contributed by atoms with van der Waals surface area (Å²) in [5, 5.41) is 3.74. The zero-order chi connectivity index (χ0) is 13.2. The number of nitrogens with one attached hydrogen (secondary N) is 2. The van der Waals surface area contributed by atoms with Crippen molar-refractivity contribution >= 4 is 27.3 Å². The maximum absolute atomic E-state index is 11.9. The van der Waals surface area contributed by atoms with Gasteiger partial charge in [-0.05, 0) is 37.5 Å². The van der Waals surface area contributed by atoms with Gasteiger partial charge in [-0.2, -0.15) is 0 Å². The zero-order valence-electron chi connectivity index (χ0n) is 10.2. The summed E-state index contributed by atoms with van der Waals surface area (Å²) in [6, 6.07) is 5.71. The second-order valence-electron chi connectivity index (χ2n) is 4.56. The van der Waals surface area contributed by atoms with Crippen LogP contribution in [0.25, 0.3) is 0 Å². The van der Waals surface area contributed by atoms with Crippen LogP contribution in [-0.4, -0.2) is 26.8 Å². The lowest BCUT2D eigenvalue weighted by Gasteiger charge is -2.11. The van der Waals surface area contributed by atoms with Gasteiger partial charge in [-0.15, -0.1) is 0 Å². The Morgan fingerprint density at radius 3 is 2.78 bits per heavy atom. The molecule has 0 heterocycles. The molecule has 0 aromatic heterocycles. The van der Waals surface area contributed by atoms with Crippen LogP contribution in [0, 0.1) is 6.92 Å². The fourth-order valence-electron chi connectivity index (χ4n) is 1.62. The van der Waals surface area contributed by atoms with E-state index < -0.39 is 10.0 Å². The average Bonchev–Trinajstić information content (AvgIpc) is 3.08. The van der Waals surface area contributed by atoms with E-state index in [1.807, 2.05) is 0 Å². The minimum absolute atomic E-state index is 0.0788. The van der Waals surface area contributed by atoms with Crippen molar-refractivity contribution in [2.24, 2.45) is 0 Å². The molecule has 2 rings (SSSR count). The van der Waals surface area contributed by atoms with E-state index in [9.17, 15) is 8.42 Å². The van der Waals surface area contributed by atoms with Gasteiger partial charge in [0.2, 0.25) is 10.0 Å². The summed E-state index contributed by atoms with van der Waals surface area (Å²) in [4.78, 5) is 0. The van der Waals surface area contributed by atoms with Crippen molar-refractivity contribution in [3.05, 3.63) is 28.8 Å². The van der Waals surface area contributed by atoms with Gasteiger partial charge in [0.1, 0.15) is 0 Å². The third-order valence-corrected chi connectivity index (χ3v) is 4.60. The van der Waals surface area contributed by atoms with Gasteiger partial charge in [-0.3, -0.25) is 4.72 Å². The lowest BCUT2D eigenvalue weighted by atomic mass is 10.2. The molecule has 2 N–H and O–H groups in total. The molecule has 1 aromatic rings. The molecule has 1 fully saturated rings. The fourth-order valence-corrected chi connectivity index (χ4v) is 2.84. The summed E-state index contributed by atoms with van der Waals surface area (Å²) in [6.07, 6.45) is 2.31. The number of rotatable bonds is 6. The second-order valence-corrected chi connectivity index (χ2v) is 6.81. The molecule has 4 nitrogen and oxygen atoms in total. The highest BCUT2D eigenvalue weighted by molar-refractivity contribution is 7.92. The van der Waals surface area contributed by atoms with Crippen LogP contribution in [0.1, 0.15) is 18.4 Å². The van der Waals surface area contributed by atoms with Gasteiger partial charge in [0, 0.05) is 17.6 Å². The Bertz CT molecular complexity index is 527. The van der Waals surface area contributed by atoms with Crippen LogP contribution in [0.5, 0.6) is 0 Å². The number of benzene rings is 1. The zero-order valence-corrected chi connectivity index (χ0v) is 11.8. The minimum Gasteiger partial charge on any atom is -0.313 e. The van der Waals surface area contributed by atoms with E-state index in [0.29, 0.717) is 23.3 Å². The van der Waals surface area contributed by atoms with Crippen molar-refractivity contribution < 1.29 is 8.42 Å². The molecule has 0 bridgehead atoms. The molecule has 0 aliphatic heterocycles. The third kappa shape index (κ3) is 3.86. The van der Waals surface area contributed by atoms with E-state index >= 15 is 0 Å². The summed E-state index contributed by atoms with van der Waals surface area (Å²) in [7, 11) is -3.31. The molecular formula is C12H17ClN2O2S. The summed E-state index contributed by atoms with van der Waals surface area (Å²) in [5.74, 6) is 0.0788. The van der Waals surface area contributed by atoms with Gasteiger partial charge in [0.05, 0.1) is 11.4 Å². The Morgan fingerprint density at radius 1 is 1.39 bits per heavy atom. The van der Waals surface area contributed by atoms with Gasteiger partial charge in [0.15, 0.2) is 0 Å². The normalized spacial score (nSPS) is 15.7. The average molecular weight is 289 g/mol. The first-order chi connectivity index (χ1) is 8.48. The number of hydrogen-bond donors (Lipinski definition) is 2. The minimum atomic E-state index is -3.31. The molecule has 0 unspecified atom stereocenters. The van der Waals surface area contributed by atoms with Gasteiger partial charge >= 0.3 is 0 Å². The van der Waals surface area contributed by atoms with E-state index in [2.05, 4.69) is 10.0 Å². The van der Waals surface area contributed by atoms with Crippen molar-refractivity contribution in [2.45, 2.75) is 25.8 Å². The molecule has 0 atom stereocenters. The van der Waals surface area contributed by atoms with Crippen molar-refractivity contribution in [3.8, 4) is 0 Å². The monoisotopic (exact) mass is 288 g/mol. The molecule has 0 radical (unpaired) electrons. The molecule has 6 heteroatoms. The van der Waals surface area contributed by atoms with Crippen LogP contribution >= 0.6 is 11.6 Å². The van der Waals surface area contributed by atoms with Crippen molar-refractivity contribution in [1.29, 1.82) is 0 Å². The first-order valence-corrected chi connectivity index (χ1v) is 8.00. The summed E-state index contributed by atoms with van der Waals surface area (Å²) in [5.41, 5.74) is 1.30. The Hall–Kier alpha value is -0.780. The molecule has 0 saturated heterocycles. The highest BCUT2D eigenvalue weighted by Crippen LogP contribution is 2.23. The van der Waals surface area contributed by atoms with E-state index in [-0.39, 0.29) is 5.75 Å². The van der Waals surface area contributed by atoms with Crippen molar-refractivity contribution in [1.82, 2.24) is 5.32 Å². The summed E-state index contributed by atoms with van der Waals surface area (Å²) >= 11 is 5.95. The smallest absolute Gasteiger partial charge is 0.233 e. The maximum Gasteiger partial charge on any atom is 0.233 e. The van der Waals surface area contributed by atoms with E-state index in [0.717, 1.165) is 18.4 Å². The molecule has 1 saturated carbocycles. The van der Waals surface area contributed by atoms with Crippen LogP contribution in [0.15, 0.2) is 18.2 Å². The van der Waals surface area contributed by atoms with E-state index in [1.165, 1.54) is 0 Å². The molecule has 1 aliphatic rings. The van der Waals surface area contributed by atoms with Crippen LogP contribution in [0.4, 0.5) is 5.69 Å². The fraction of sp³-hybridized carbons (Fsp3) is 0.500. The highest BCUT2D eigenvalue weighted by atomic mass is 35.5. The van der Waals surface area contributed by atoms with Crippen LogP contribution < -0.4 is 10.0 Å². The highest BCUT2D eigenvalue weighted by Gasteiger charge is 2.21. The standard InChI is InChI=1S/C12H17ClN2O2S/c1-9-11(13)3-2-4-12(9)15-18(16,17)8-7-14-10-5-6-10/h2-4,10,14-15H,5-8H2,1H3. The maximum atomic E-state index is 11.9. The van der Waals surface area contributed by atoms with Crippen LogP contribution in [0.3, 0.4) is 0 Å². The lowest BCUT2D eigenvalue weighted by molar-refractivity contribution is 0.595.